The number of carbonyl (C=O) groups is 1. The zero-order valence-corrected chi connectivity index (χ0v) is 14.6. The number of amides is 1. The maximum Gasteiger partial charge on any atom is 0.261 e. The van der Waals surface area contributed by atoms with Gasteiger partial charge in [0.1, 0.15) is 0 Å². The van der Waals surface area contributed by atoms with Crippen LogP contribution in [-0.4, -0.2) is 42.3 Å². The topological polar surface area (TPSA) is 89.9 Å². The standard InChI is InChI=1S/C18H20N6O2/c1-23-12-14(11-20-23)17-21-16(22-26-17)15-7-3-2-4-9-24(15)18(25)13-6-5-8-19-10-13/h5-6,8,10-12,15H,2-4,7,9H2,1H3/t15-/m1/s1. The summed E-state index contributed by atoms with van der Waals surface area (Å²) in [7, 11) is 1.83. The van der Waals surface area contributed by atoms with E-state index in [0.717, 1.165) is 31.2 Å². The average Bonchev–Trinajstić information content (AvgIpc) is 3.25. The van der Waals surface area contributed by atoms with Gasteiger partial charge in [-0.2, -0.15) is 10.1 Å². The van der Waals surface area contributed by atoms with E-state index in [9.17, 15) is 4.79 Å². The third-order valence-corrected chi connectivity index (χ3v) is 4.61. The molecule has 134 valence electrons. The number of nitrogens with zero attached hydrogens (tertiary/aromatic N) is 6. The van der Waals surface area contributed by atoms with Gasteiger partial charge in [0.15, 0.2) is 5.82 Å². The van der Waals surface area contributed by atoms with E-state index in [1.807, 2.05) is 18.1 Å². The SMILES string of the molecule is Cn1cc(-c2nc([C@H]3CCCCCN3C(=O)c3cccnc3)no2)cn1. The van der Waals surface area contributed by atoms with Crippen molar-refractivity contribution in [2.24, 2.45) is 7.05 Å². The molecular formula is C18H20N6O2. The van der Waals surface area contributed by atoms with E-state index in [1.54, 1.807) is 35.4 Å². The fourth-order valence-corrected chi connectivity index (χ4v) is 3.29. The summed E-state index contributed by atoms with van der Waals surface area (Å²) in [5, 5.41) is 8.29. The van der Waals surface area contributed by atoms with E-state index < -0.39 is 0 Å². The van der Waals surface area contributed by atoms with Crippen LogP contribution in [0.4, 0.5) is 0 Å². The summed E-state index contributed by atoms with van der Waals surface area (Å²) in [6, 6.07) is 3.36. The first-order valence-electron chi connectivity index (χ1n) is 8.76. The van der Waals surface area contributed by atoms with E-state index in [4.69, 9.17) is 4.52 Å². The van der Waals surface area contributed by atoms with E-state index in [1.165, 1.54) is 0 Å². The molecule has 0 aromatic carbocycles. The highest BCUT2D eigenvalue weighted by Gasteiger charge is 2.31. The zero-order valence-electron chi connectivity index (χ0n) is 14.6. The van der Waals surface area contributed by atoms with Crippen molar-refractivity contribution in [3.8, 4) is 11.5 Å². The van der Waals surface area contributed by atoms with Gasteiger partial charge in [0.25, 0.3) is 11.8 Å². The number of carbonyl (C=O) groups excluding carboxylic acids is 1. The third kappa shape index (κ3) is 3.22. The average molecular weight is 352 g/mol. The van der Waals surface area contributed by atoms with E-state index >= 15 is 0 Å². The predicted octanol–water partition coefficient (Wildman–Crippen LogP) is 2.62. The molecular weight excluding hydrogens is 332 g/mol. The molecule has 4 rings (SSSR count). The number of pyridine rings is 1. The molecule has 1 aliphatic rings. The number of aromatic nitrogens is 5. The van der Waals surface area contributed by atoms with Crippen LogP contribution in [0.2, 0.25) is 0 Å². The third-order valence-electron chi connectivity index (χ3n) is 4.61. The Morgan fingerprint density at radius 2 is 2.19 bits per heavy atom. The lowest BCUT2D eigenvalue weighted by Crippen LogP contribution is -2.35. The summed E-state index contributed by atoms with van der Waals surface area (Å²) in [5.74, 6) is 0.923. The molecule has 0 saturated carbocycles. The minimum Gasteiger partial charge on any atom is -0.334 e. The van der Waals surface area contributed by atoms with Gasteiger partial charge in [0, 0.05) is 32.2 Å². The van der Waals surface area contributed by atoms with Gasteiger partial charge in [-0.05, 0) is 25.0 Å². The van der Waals surface area contributed by atoms with Gasteiger partial charge < -0.3 is 9.42 Å². The van der Waals surface area contributed by atoms with Crippen LogP contribution in [0.25, 0.3) is 11.5 Å². The van der Waals surface area contributed by atoms with Crippen LogP contribution in [-0.2, 0) is 7.05 Å². The normalized spacial score (nSPS) is 17.9. The molecule has 0 aliphatic carbocycles. The van der Waals surface area contributed by atoms with Crippen molar-refractivity contribution in [3.63, 3.8) is 0 Å². The predicted molar refractivity (Wildman–Crippen MR) is 93.0 cm³/mol. The molecule has 0 bridgehead atoms. The fourth-order valence-electron chi connectivity index (χ4n) is 3.29. The van der Waals surface area contributed by atoms with Crippen molar-refractivity contribution in [1.82, 2.24) is 29.8 Å². The Bertz CT molecular complexity index is 888. The smallest absolute Gasteiger partial charge is 0.261 e. The van der Waals surface area contributed by atoms with Gasteiger partial charge in [-0.15, -0.1) is 0 Å². The first-order chi connectivity index (χ1) is 12.7. The minimum atomic E-state index is -0.195. The molecule has 0 spiro atoms. The quantitative estimate of drug-likeness (QED) is 0.720. The second-order valence-corrected chi connectivity index (χ2v) is 6.47. The highest BCUT2D eigenvalue weighted by atomic mass is 16.5. The van der Waals surface area contributed by atoms with Crippen LogP contribution in [0.5, 0.6) is 0 Å². The Hall–Kier alpha value is -3.03. The summed E-state index contributed by atoms with van der Waals surface area (Å²) < 4.78 is 7.11. The number of hydrogen-bond acceptors (Lipinski definition) is 6. The molecule has 1 amide bonds. The van der Waals surface area contributed by atoms with E-state index in [0.29, 0.717) is 23.8 Å². The van der Waals surface area contributed by atoms with Crippen LogP contribution in [0, 0.1) is 0 Å². The maximum absolute atomic E-state index is 13.0. The largest absolute Gasteiger partial charge is 0.334 e. The summed E-state index contributed by atoms with van der Waals surface area (Å²) in [6.07, 6.45) is 10.7. The van der Waals surface area contributed by atoms with Crippen molar-refractivity contribution in [3.05, 3.63) is 48.3 Å². The van der Waals surface area contributed by atoms with Crippen LogP contribution in [0.3, 0.4) is 0 Å². The van der Waals surface area contributed by atoms with Crippen LogP contribution >= 0.6 is 0 Å². The summed E-state index contributed by atoms with van der Waals surface area (Å²) in [6.45, 7) is 0.676. The lowest BCUT2D eigenvalue weighted by atomic mass is 10.1. The Morgan fingerprint density at radius 3 is 2.96 bits per heavy atom. The Morgan fingerprint density at radius 1 is 1.27 bits per heavy atom. The van der Waals surface area contributed by atoms with Gasteiger partial charge in [0.2, 0.25) is 0 Å². The molecule has 1 aliphatic heterocycles. The molecule has 0 N–H and O–H groups in total. The lowest BCUT2D eigenvalue weighted by Gasteiger charge is -2.27. The summed E-state index contributed by atoms with van der Waals surface area (Å²) >= 11 is 0. The first-order valence-corrected chi connectivity index (χ1v) is 8.76. The monoisotopic (exact) mass is 352 g/mol. The van der Waals surface area contributed by atoms with E-state index in [-0.39, 0.29) is 11.9 Å². The maximum atomic E-state index is 13.0. The zero-order chi connectivity index (χ0) is 17.9. The second-order valence-electron chi connectivity index (χ2n) is 6.47. The lowest BCUT2D eigenvalue weighted by molar-refractivity contribution is 0.0670. The van der Waals surface area contributed by atoms with Gasteiger partial charge in [-0.3, -0.25) is 14.5 Å². The van der Waals surface area contributed by atoms with Gasteiger partial charge >= 0.3 is 0 Å². The summed E-state index contributed by atoms with van der Waals surface area (Å²) in [4.78, 5) is 23.5. The van der Waals surface area contributed by atoms with Crippen LogP contribution < -0.4 is 0 Å². The number of hydrogen-bond donors (Lipinski definition) is 0. The highest BCUT2D eigenvalue weighted by molar-refractivity contribution is 5.94. The van der Waals surface area contributed by atoms with E-state index in [2.05, 4.69) is 20.2 Å². The fraction of sp³-hybridized carbons (Fsp3) is 0.389. The molecule has 8 heteroatoms. The number of likely N-dealkylation sites (tertiary alicyclic amines) is 1. The number of rotatable bonds is 3. The molecule has 3 aromatic heterocycles. The molecule has 3 aromatic rings. The van der Waals surface area contributed by atoms with Crippen molar-refractivity contribution < 1.29 is 9.32 Å². The molecule has 1 saturated heterocycles. The molecule has 0 unspecified atom stereocenters. The van der Waals surface area contributed by atoms with Crippen LogP contribution in [0.15, 0.2) is 41.4 Å². The second kappa shape index (κ2) is 7.07. The minimum absolute atomic E-state index is 0.0438. The number of aryl methyl sites for hydroxylation is 1. The Kier molecular flexibility index (Phi) is 4.47. The van der Waals surface area contributed by atoms with Crippen molar-refractivity contribution in [2.45, 2.75) is 31.7 Å². The van der Waals surface area contributed by atoms with Crippen LogP contribution in [0.1, 0.15) is 47.9 Å². The Balaban J connectivity index is 1.64. The molecule has 1 atom stereocenters. The molecule has 26 heavy (non-hydrogen) atoms. The summed E-state index contributed by atoms with van der Waals surface area (Å²) in [5.41, 5.74) is 1.35. The van der Waals surface area contributed by atoms with Crippen molar-refractivity contribution in [1.29, 1.82) is 0 Å². The molecule has 1 fully saturated rings. The molecule has 8 nitrogen and oxygen atoms in total. The van der Waals surface area contributed by atoms with Crippen molar-refractivity contribution >= 4 is 5.91 Å². The highest BCUT2D eigenvalue weighted by Crippen LogP contribution is 2.31. The first kappa shape index (κ1) is 16.4. The van der Waals surface area contributed by atoms with Gasteiger partial charge in [-0.1, -0.05) is 18.0 Å². The Labute approximate surface area is 150 Å². The molecule has 4 heterocycles. The van der Waals surface area contributed by atoms with Crippen molar-refractivity contribution in [2.75, 3.05) is 6.54 Å². The van der Waals surface area contributed by atoms with Gasteiger partial charge in [-0.25, -0.2) is 0 Å². The molecule has 0 radical (unpaired) electrons. The van der Waals surface area contributed by atoms with Gasteiger partial charge in [0.05, 0.1) is 23.4 Å².